The molecule has 1 aliphatic rings. The van der Waals surface area contributed by atoms with E-state index in [4.69, 9.17) is 5.10 Å². The monoisotopic (exact) mass is 532 g/mol. The van der Waals surface area contributed by atoms with Crippen LogP contribution in [0, 0.1) is 5.82 Å². The summed E-state index contributed by atoms with van der Waals surface area (Å²) in [6.45, 7) is 4.59. The highest BCUT2D eigenvalue weighted by atomic mass is 32.2. The first-order valence-electron chi connectivity index (χ1n) is 11.8. The van der Waals surface area contributed by atoms with Crippen LogP contribution in [-0.4, -0.2) is 76.7 Å². The number of aromatic nitrogens is 3. The highest BCUT2D eigenvalue weighted by molar-refractivity contribution is 7.87. The molecule has 11 nitrogen and oxygen atoms in total. The predicted molar refractivity (Wildman–Crippen MR) is 135 cm³/mol. The molecule has 4 rings (SSSR count). The summed E-state index contributed by atoms with van der Waals surface area (Å²) in [6.07, 6.45) is 0.0444. The molecule has 13 heteroatoms. The molecule has 1 fully saturated rings. The lowest BCUT2D eigenvalue weighted by Crippen LogP contribution is -2.40. The first-order chi connectivity index (χ1) is 17.4. The van der Waals surface area contributed by atoms with Gasteiger partial charge in [0.1, 0.15) is 11.5 Å². The third-order valence-corrected chi connectivity index (χ3v) is 7.86. The molecule has 0 saturated carbocycles. The van der Waals surface area contributed by atoms with Crippen molar-refractivity contribution in [1.82, 2.24) is 28.7 Å². The third-order valence-electron chi connectivity index (χ3n) is 6.45. The highest BCUT2D eigenvalue weighted by Gasteiger charge is 2.30. The Balaban J connectivity index is 1.92. The summed E-state index contributed by atoms with van der Waals surface area (Å²) in [5.74, 6) is -1.46. The lowest BCUT2D eigenvalue weighted by molar-refractivity contribution is 0.0975. The molecule has 0 radical (unpaired) electrons. The van der Waals surface area contributed by atoms with Crippen molar-refractivity contribution in [2.75, 3.05) is 27.2 Å². The molecule has 0 aliphatic carbocycles. The van der Waals surface area contributed by atoms with E-state index in [1.54, 1.807) is 18.2 Å². The fourth-order valence-corrected chi connectivity index (χ4v) is 4.94. The number of carbonyl (C=O) groups is 2. The van der Waals surface area contributed by atoms with E-state index >= 15 is 0 Å². The lowest BCUT2D eigenvalue weighted by atomic mass is 9.86. The molecule has 0 spiro atoms. The SMILES string of the molecule is CC(C)c1nn(-c2ccc(F)cc2)c2nc(C(=O)NS(=O)(=O)N(C)C)cc(C3CCN(C(=O)O)CC3)c12. The zero-order valence-electron chi connectivity index (χ0n) is 21.0. The molecule has 2 N–H and O–H groups in total. The molecule has 0 unspecified atom stereocenters. The molecule has 0 atom stereocenters. The number of carboxylic acid groups (broad SMARTS) is 1. The molecule has 3 aromatic rings. The topological polar surface area (TPSA) is 138 Å². The molecule has 37 heavy (non-hydrogen) atoms. The Morgan fingerprint density at radius 1 is 1.16 bits per heavy atom. The lowest BCUT2D eigenvalue weighted by Gasteiger charge is -2.30. The van der Waals surface area contributed by atoms with Gasteiger partial charge < -0.3 is 10.0 Å². The van der Waals surface area contributed by atoms with Gasteiger partial charge in [0.2, 0.25) is 0 Å². The van der Waals surface area contributed by atoms with Crippen molar-refractivity contribution in [3.63, 3.8) is 0 Å². The van der Waals surface area contributed by atoms with Crippen LogP contribution in [0.25, 0.3) is 16.7 Å². The predicted octanol–water partition coefficient (Wildman–Crippen LogP) is 3.08. The van der Waals surface area contributed by atoms with E-state index in [0.717, 1.165) is 20.9 Å². The highest BCUT2D eigenvalue weighted by Crippen LogP contribution is 2.37. The maximum atomic E-state index is 13.6. The minimum absolute atomic E-state index is 0.0300. The average molecular weight is 533 g/mol. The van der Waals surface area contributed by atoms with Crippen LogP contribution >= 0.6 is 0 Å². The molecule has 1 aliphatic heterocycles. The van der Waals surface area contributed by atoms with Gasteiger partial charge in [0.25, 0.3) is 5.91 Å². The largest absolute Gasteiger partial charge is 0.465 e. The Morgan fingerprint density at radius 3 is 2.32 bits per heavy atom. The van der Waals surface area contributed by atoms with Gasteiger partial charge in [0, 0.05) is 32.6 Å². The minimum atomic E-state index is -4.07. The number of amides is 2. The summed E-state index contributed by atoms with van der Waals surface area (Å²) in [4.78, 5) is 30.4. The number of nitrogens with one attached hydrogen (secondary N) is 1. The van der Waals surface area contributed by atoms with Gasteiger partial charge in [-0.3, -0.25) is 4.79 Å². The zero-order chi connectivity index (χ0) is 27.1. The van der Waals surface area contributed by atoms with Gasteiger partial charge in [-0.2, -0.15) is 17.8 Å². The van der Waals surface area contributed by atoms with Crippen LogP contribution in [0.15, 0.2) is 30.3 Å². The number of fused-ring (bicyclic) bond motifs is 1. The average Bonchev–Trinajstić information content (AvgIpc) is 3.23. The molecule has 0 bridgehead atoms. The zero-order valence-corrected chi connectivity index (χ0v) is 21.8. The molecule has 1 aromatic carbocycles. The summed E-state index contributed by atoms with van der Waals surface area (Å²) in [5.41, 5.74) is 2.21. The Kier molecular flexibility index (Phi) is 7.20. The molecule has 1 saturated heterocycles. The maximum Gasteiger partial charge on any atom is 0.407 e. The van der Waals surface area contributed by atoms with Crippen molar-refractivity contribution in [3.05, 3.63) is 53.1 Å². The maximum absolute atomic E-state index is 13.6. The minimum Gasteiger partial charge on any atom is -0.465 e. The van der Waals surface area contributed by atoms with Crippen LogP contribution < -0.4 is 4.72 Å². The van der Waals surface area contributed by atoms with Crippen LogP contribution in [0.4, 0.5) is 9.18 Å². The molecule has 2 aromatic heterocycles. The second-order valence-electron chi connectivity index (χ2n) is 9.49. The van der Waals surface area contributed by atoms with Gasteiger partial charge >= 0.3 is 16.3 Å². The first kappa shape index (κ1) is 26.5. The van der Waals surface area contributed by atoms with Crippen LogP contribution in [0.2, 0.25) is 0 Å². The third kappa shape index (κ3) is 5.27. The quantitative estimate of drug-likeness (QED) is 0.498. The molecular weight excluding hydrogens is 503 g/mol. The van der Waals surface area contributed by atoms with Gasteiger partial charge in [-0.05, 0) is 60.6 Å². The van der Waals surface area contributed by atoms with Crippen LogP contribution in [0.1, 0.15) is 60.3 Å². The second-order valence-corrected chi connectivity index (χ2v) is 11.4. The summed E-state index contributed by atoms with van der Waals surface area (Å²) < 4.78 is 42.7. The Morgan fingerprint density at radius 2 is 1.78 bits per heavy atom. The Bertz CT molecular complexity index is 1440. The van der Waals surface area contributed by atoms with Crippen molar-refractivity contribution < 1.29 is 27.5 Å². The number of piperidine rings is 1. The number of nitrogens with zero attached hydrogens (tertiary/aromatic N) is 5. The van der Waals surface area contributed by atoms with E-state index < -0.39 is 28.0 Å². The smallest absolute Gasteiger partial charge is 0.407 e. The van der Waals surface area contributed by atoms with Crippen molar-refractivity contribution in [3.8, 4) is 5.69 Å². The summed E-state index contributed by atoms with van der Waals surface area (Å²) in [7, 11) is -1.47. The standard InChI is InChI=1S/C24H29FN6O5S/c1-14(2)21-20-18(15-9-11-30(12-10-15)24(33)34)13-19(23(32)28-37(35,36)29(3)4)26-22(20)31(27-21)17-7-5-16(25)6-8-17/h5-8,13-15H,9-12H2,1-4H3,(H,28,32)(H,33,34). The van der Waals surface area contributed by atoms with E-state index in [0.29, 0.717) is 37.3 Å². The van der Waals surface area contributed by atoms with Crippen LogP contribution in [0.5, 0.6) is 0 Å². The van der Waals surface area contributed by atoms with Gasteiger partial charge in [0.15, 0.2) is 5.65 Å². The van der Waals surface area contributed by atoms with E-state index in [9.17, 15) is 27.5 Å². The number of carbonyl (C=O) groups excluding carboxylic acids is 1. The molecule has 198 valence electrons. The van der Waals surface area contributed by atoms with Crippen molar-refractivity contribution in [2.24, 2.45) is 0 Å². The van der Waals surface area contributed by atoms with Gasteiger partial charge in [-0.25, -0.2) is 23.6 Å². The van der Waals surface area contributed by atoms with E-state index in [1.165, 1.54) is 35.8 Å². The van der Waals surface area contributed by atoms with Crippen molar-refractivity contribution in [2.45, 2.75) is 38.5 Å². The first-order valence-corrected chi connectivity index (χ1v) is 13.2. The molecular formula is C24H29FN6O5S. The number of hydrogen-bond acceptors (Lipinski definition) is 6. The van der Waals surface area contributed by atoms with Crippen LogP contribution in [-0.2, 0) is 10.2 Å². The van der Waals surface area contributed by atoms with Crippen molar-refractivity contribution >= 4 is 33.2 Å². The fourth-order valence-electron chi connectivity index (χ4n) is 4.42. The number of halogens is 1. The van der Waals surface area contributed by atoms with Crippen LogP contribution in [0.3, 0.4) is 0 Å². The normalized spacial score (nSPS) is 15.1. The van der Waals surface area contributed by atoms with E-state index in [-0.39, 0.29) is 17.5 Å². The molecule has 3 heterocycles. The van der Waals surface area contributed by atoms with Crippen molar-refractivity contribution in [1.29, 1.82) is 0 Å². The second kappa shape index (κ2) is 10.1. The summed E-state index contributed by atoms with van der Waals surface area (Å²) in [6, 6.07) is 7.25. The summed E-state index contributed by atoms with van der Waals surface area (Å²) in [5, 5.41) is 14.8. The number of hydrogen-bond donors (Lipinski definition) is 2. The fraction of sp³-hybridized carbons (Fsp3) is 0.417. The van der Waals surface area contributed by atoms with E-state index in [2.05, 4.69) is 4.98 Å². The Hall–Kier alpha value is -3.58. The Labute approximate surface area is 214 Å². The number of pyridine rings is 1. The number of rotatable bonds is 6. The number of likely N-dealkylation sites (tertiary alicyclic amines) is 1. The van der Waals surface area contributed by atoms with E-state index in [1.807, 2.05) is 18.6 Å². The molecule has 2 amide bonds. The number of benzene rings is 1. The van der Waals surface area contributed by atoms with Gasteiger partial charge in [-0.15, -0.1) is 0 Å². The summed E-state index contributed by atoms with van der Waals surface area (Å²) >= 11 is 0. The van der Waals surface area contributed by atoms with Gasteiger partial charge in [0.05, 0.1) is 11.4 Å². The van der Waals surface area contributed by atoms with Gasteiger partial charge in [-0.1, -0.05) is 13.8 Å².